The van der Waals surface area contributed by atoms with Crippen LogP contribution in [0.1, 0.15) is 26.3 Å². The van der Waals surface area contributed by atoms with Gasteiger partial charge in [0.15, 0.2) is 5.11 Å². The number of hydrogen-bond acceptors (Lipinski definition) is 4. The highest BCUT2D eigenvalue weighted by molar-refractivity contribution is 7.80. The van der Waals surface area contributed by atoms with Crippen molar-refractivity contribution in [2.45, 2.75) is 6.42 Å². The molecule has 4 aromatic carbocycles. The summed E-state index contributed by atoms with van der Waals surface area (Å²) in [7, 11) is 0. The quantitative estimate of drug-likeness (QED) is 0.250. The Morgan fingerprint density at radius 1 is 0.667 bits per heavy atom. The van der Waals surface area contributed by atoms with Gasteiger partial charge in [0.2, 0.25) is 0 Å². The Hall–Kier alpha value is -4.49. The van der Waals surface area contributed by atoms with Crippen LogP contribution in [-0.2, 0) is 6.42 Å². The van der Waals surface area contributed by atoms with Crippen molar-refractivity contribution in [3.8, 4) is 16.9 Å². The summed E-state index contributed by atoms with van der Waals surface area (Å²) in [4.78, 5) is 25.0. The summed E-state index contributed by atoms with van der Waals surface area (Å²) < 4.78 is 5.78. The fourth-order valence-corrected chi connectivity index (χ4v) is 3.64. The van der Waals surface area contributed by atoms with E-state index in [1.54, 1.807) is 36.4 Å². The summed E-state index contributed by atoms with van der Waals surface area (Å²) in [6.07, 6.45) is 0.764. The van der Waals surface area contributed by atoms with E-state index in [9.17, 15) is 9.59 Å². The van der Waals surface area contributed by atoms with Gasteiger partial charge in [-0.1, -0.05) is 78.9 Å². The van der Waals surface area contributed by atoms with Gasteiger partial charge in [-0.15, -0.1) is 0 Å². The number of thiocarbonyl (C=S) groups is 1. The molecule has 4 rings (SSSR count). The second-order valence-electron chi connectivity index (χ2n) is 7.92. The maximum absolute atomic E-state index is 12.6. The Balaban J connectivity index is 1.24. The largest absolute Gasteiger partial charge is 0.493 e. The Kier molecular flexibility index (Phi) is 8.40. The number of hydrogen-bond donors (Lipinski definition) is 3. The van der Waals surface area contributed by atoms with Gasteiger partial charge in [-0.2, -0.15) is 0 Å². The molecule has 3 N–H and O–H groups in total. The molecule has 0 fully saturated rings. The number of carbonyl (C=O) groups is 2. The van der Waals surface area contributed by atoms with Gasteiger partial charge in [0, 0.05) is 17.5 Å². The Morgan fingerprint density at radius 3 is 2.06 bits per heavy atom. The number of carbonyl (C=O) groups excluding carboxylic acids is 2. The van der Waals surface area contributed by atoms with Crippen molar-refractivity contribution in [3.63, 3.8) is 0 Å². The fraction of sp³-hybridized carbons (Fsp3) is 0.0690. The molecule has 0 aliphatic rings. The standard InChI is InChI=1S/C29H25N3O3S/c33-27(25-12-7-13-26(20-25)35-19-18-21-8-3-1-4-9-21)30-29(36)32-31-28(34)24-16-14-23(15-17-24)22-10-5-2-6-11-22/h1-17,20H,18-19H2,(H,31,34)(H2,30,32,33,36). The lowest BCUT2D eigenvalue weighted by Gasteiger charge is -2.12. The topological polar surface area (TPSA) is 79.5 Å². The average Bonchev–Trinajstić information content (AvgIpc) is 2.93. The lowest BCUT2D eigenvalue weighted by atomic mass is 10.0. The summed E-state index contributed by atoms with van der Waals surface area (Å²) >= 11 is 5.15. The van der Waals surface area contributed by atoms with Crippen molar-refractivity contribution in [2.75, 3.05) is 6.61 Å². The molecule has 0 aromatic heterocycles. The van der Waals surface area contributed by atoms with E-state index in [1.807, 2.05) is 72.8 Å². The summed E-state index contributed by atoms with van der Waals surface area (Å²) in [5.74, 6) is -0.202. The summed E-state index contributed by atoms with van der Waals surface area (Å²) in [5.41, 5.74) is 9.16. The molecule has 2 amide bonds. The zero-order valence-corrected chi connectivity index (χ0v) is 20.3. The van der Waals surface area contributed by atoms with Crippen molar-refractivity contribution in [1.29, 1.82) is 0 Å². The molecule has 7 heteroatoms. The molecule has 36 heavy (non-hydrogen) atoms. The molecule has 0 heterocycles. The van der Waals surface area contributed by atoms with Crippen LogP contribution >= 0.6 is 12.2 Å². The van der Waals surface area contributed by atoms with E-state index in [0.29, 0.717) is 23.5 Å². The van der Waals surface area contributed by atoms with Crippen LogP contribution in [0, 0.1) is 0 Å². The number of amides is 2. The van der Waals surface area contributed by atoms with Gasteiger partial charge in [0.05, 0.1) is 6.61 Å². The minimum absolute atomic E-state index is 0.0235. The van der Waals surface area contributed by atoms with Crippen molar-refractivity contribution < 1.29 is 14.3 Å². The third-order valence-electron chi connectivity index (χ3n) is 5.37. The molecular weight excluding hydrogens is 470 g/mol. The van der Waals surface area contributed by atoms with Crippen molar-refractivity contribution in [2.24, 2.45) is 0 Å². The molecule has 0 saturated heterocycles. The molecule has 0 aliphatic carbocycles. The summed E-state index contributed by atoms with van der Waals surface area (Å²) in [6, 6.07) is 34.0. The zero-order chi connectivity index (χ0) is 25.2. The third kappa shape index (κ3) is 7.01. The predicted octanol–water partition coefficient (Wildman–Crippen LogP) is 4.92. The van der Waals surface area contributed by atoms with E-state index in [0.717, 1.165) is 17.5 Å². The van der Waals surface area contributed by atoms with Crippen molar-refractivity contribution in [3.05, 3.63) is 126 Å². The highest BCUT2D eigenvalue weighted by Gasteiger charge is 2.11. The lowest BCUT2D eigenvalue weighted by molar-refractivity contribution is 0.0934. The van der Waals surface area contributed by atoms with Crippen LogP contribution in [0.25, 0.3) is 11.1 Å². The van der Waals surface area contributed by atoms with Gasteiger partial charge in [-0.3, -0.25) is 25.8 Å². The normalized spacial score (nSPS) is 10.2. The van der Waals surface area contributed by atoms with E-state index in [1.165, 1.54) is 5.56 Å². The van der Waals surface area contributed by atoms with Crippen LogP contribution in [0.2, 0.25) is 0 Å². The van der Waals surface area contributed by atoms with E-state index in [2.05, 4.69) is 16.2 Å². The van der Waals surface area contributed by atoms with Crippen LogP contribution in [-0.4, -0.2) is 23.5 Å². The molecule has 6 nitrogen and oxygen atoms in total. The smallest absolute Gasteiger partial charge is 0.269 e. The number of nitrogens with one attached hydrogen (secondary N) is 3. The second kappa shape index (κ2) is 12.3. The Labute approximate surface area is 215 Å². The lowest BCUT2D eigenvalue weighted by Crippen LogP contribution is -2.48. The van der Waals surface area contributed by atoms with Crippen LogP contribution in [0.3, 0.4) is 0 Å². The van der Waals surface area contributed by atoms with Crippen LogP contribution in [0.4, 0.5) is 0 Å². The molecule has 0 atom stereocenters. The molecule has 0 spiro atoms. The Morgan fingerprint density at radius 2 is 1.33 bits per heavy atom. The third-order valence-corrected chi connectivity index (χ3v) is 5.57. The van der Waals surface area contributed by atoms with Gasteiger partial charge < -0.3 is 4.74 Å². The number of benzene rings is 4. The fourth-order valence-electron chi connectivity index (χ4n) is 3.50. The summed E-state index contributed by atoms with van der Waals surface area (Å²) in [6.45, 7) is 0.493. The Bertz CT molecular complexity index is 1330. The predicted molar refractivity (Wildman–Crippen MR) is 145 cm³/mol. The first kappa shape index (κ1) is 24.6. The molecular formula is C29H25N3O3S. The van der Waals surface area contributed by atoms with Gasteiger partial charge in [-0.05, 0) is 59.2 Å². The van der Waals surface area contributed by atoms with E-state index in [4.69, 9.17) is 17.0 Å². The molecule has 4 aromatic rings. The minimum atomic E-state index is -0.414. The van der Waals surface area contributed by atoms with Crippen LogP contribution < -0.4 is 20.9 Å². The maximum Gasteiger partial charge on any atom is 0.269 e. The molecule has 180 valence electrons. The first-order valence-corrected chi connectivity index (χ1v) is 11.8. The second-order valence-corrected chi connectivity index (χ2v) is 8.33. The van der Waals surface area contributed by atoms with Crippen molar-refractivity contribution >= 4 is 29.1 Å². The van der Waals surface area contributed by atoms with Gasteiger partial charge in [0.25, 0.3) is 11.8 Å². The molecule has 0 unspecified atom stereocenters. The number of ether oxygens (including phenoxy) is 1. The highest BCUT2D eigenvalue weighted by Crippen LogP contribution is 2.19. The van der Waals surface area contributed by atoms with Gasteiger partial charge >= 0.3 is 0 Å². The molecule has 0 aliphatic heterocycles. The SMILES string of the molecule is O=C(NNC(=S)NC(=O)c1cccc(OCCc2ccccc2)c1)c1ccc(-c2ccccc2)cc1. The van der Waals surface area contributed by atoms with Gasteiger partial charge in [0.1, 0.15) is 5.75 Å². The van der Waals surface area contributed by atoms with Crippen molar-refractivity contribution in [1.82, 2.24) is 16.2 Å². The van der Waals surface area contributed by atoms with E-state index < -0.39 is 5.91 Å². The van der Waals surface area contributed by atoms with E-state index >= 15 is 0 Å². The molecule has 0 bridgehead atoms. The van der Waals surface area contributed by atoms with Crippen LogP contribution in [0.15, 0.2) is 109 Å². The minimum Gasteiger partial charge on any atom is -0.493 e. The number of hydrazine groups is 1. The monoisotopic (exact) mass is 495 g/mol. The number of rotatable bonds is 7. The van der Waals surface area contributed by atoms with E-state index in [-0.39, 0.29) is 11.0 Å². The first-order valence-electron chi connectivity index (χ1n) is 11.4. The molecule has 0 radical (unpaired) electrons. The highest BCUT2D eigenvalue weighted by atomic mass is 32.1. The van der Waals surface area contributed by atoms with Gasteiger partial charge in [-0.25, -0.2) is 0 Å². The molecule has 0 saturated carbocycles. The first-order chi connectivity index (χ1) is 17.6. The maximum atomic E-state index is 12.6. The summed E-state index contributed by atoms with van der Waals surface area (Å²) in [5, 5.41) is 2.53. The zero-order valence-electron chi connectivity index (χ0n) is 19.4. The average molecular weight is 496 g/mol. The van der Waals surface area contributed by atoms with Crippen LogP contribution in [0.5, 0.6) is 5.75 Å².